The number of rotatable bonds is 3. The van der Waals surface area contributed by atoms with Gasteiger partial charge in [0.25, 0.3) is 0 Å². The van der Waals surface area contributed by atoms with Gasteiger partial charge in [0.2, 0.25) is 0 Å². The zero-order valence-corrected chi connectivity index (χ0v) is 14.0. The van der Waals surface area contributed by atoms with E-state index in [9.17, 15) is 18.0 Å². The minimum atomic E-state index is -4.49. The standard InChI is InChI=1S/C14H15F3N2O2S2/c1-2-21-9(20)6-19-12-10(11(18-19)14(15,16)17)7-5-8(7)13(12)22-3-4-23-13/h7-8H,2-6H2,1H3/t7-,8?/m0/s1. The van der Waals surface area contributed by atoms with Gasteiger partial charge in [-0.05, 0) is 25.2 Å². The summed E-state index contributed by atoms with van der Waals surface area (Å²) in [5.41, 5.74) is 0.120. The molecule has 1 saturated carbocycles. The second-order valence-corrected chi connectivity index (χ2v) is 8.82. The molecule has 0 radical (unpaired) electrons. The number of fused-ring (bicyclic) bond motifs is 5. The Morgan fingerprint density at radius 1 is 1.43 bits per heavy atom. The molecular weight excluding hydrogens is 349 g/mol. The SMILES string of the molecule is CCOC(=O)Cn1nc(C(F)(F)F)c2c1C1(SCCS1)C1C[C@H]21. The van der Waals surface area contributed by atoms with E-state index in [1.54, 1.807) is 30.4 Å². The predicted molar refractivity (Wildman–Crippen MR) is 81.3 cm³/mol. The Kier molecular flexibility index (Phi) is 3.46. The van der Waals surface area contributed by atoms with E-state index in [0.717, 1.165) is 17.9 Å². The highest BCUT2D eigenvalue weighted by Gasteiger charge is 2.67. The van der Waals surface area contributed by atoms with Crippen molar-refractivity contribution in [3.8, 4) is 0 Å². The second-order valence-electron chi connectivity index (χ2n) is 5.88. The molecule has 4 rings (SSSR count). The fourth-order valence-corrected chi connectivity index (χ4v) is 7.50. The monoisotopic (exact) mass is 364 g/mol. The van der Waals surface area contributed by atoms with Crippen LogP contribution in [0.15, 0.2) is 0 Å². The van der Waals surface area contributed by atoms with Gasteiger partial charge in [0.1, 0.15) is 10.6 Å². The summed E-state index contributed by atoms with van der Waals surface area (Å²) >= 11 is 3.41. The summed E-state index contributed by atoms with van der Waals surface area (Å²) in [6, 6.07) is 0. The average molecular weight is 364 g/mol. The Morgan fingerprint density at radius 3 is 2.74 bits per heavy atom. The Hall–Kier alpha value is -0.830. The molecule has 1 spiro atoms. The maximum Gasteiger partial charge on any atom is 0.435 e. The predicted octanol–water partition coefficient (Wildman–Crippen LogP) is 3.21. The number of esters is 1. The van der Waals surface area contributed by atoms with Gasteiger partial charge in [-0.3, -0.25) is 9.48 Å². The van der Waals surface area contributed by atoms with Crippen molar-refractivity contribution in [2.75, 3.05) is 18.1 Å². The van der Waals surface area contributed by atoms with Crippen molar-refractivity contribution in [2.45, 2.75) is 36.1 Å². The highest BCUT2D eigenvalue weighted by molar-refractivity contribution is 8.20. The van der Waals surface area contributed by atoms with E-state index in [-0.39, 0.29) is 29.1 Å². The van der Waals surface area contributed by atoms with Gasteiger partial charge in [0.15, 0.2) is 5.69 Å². The van der Waals surface area contributed by atoms with E-state index in [1.807, 2.05) is 0 Å². The van der Waals surface area contributed by atoms with Crippen LogP contribution in [0.5, 0.6) is 0 Å². The maximum atomic E-state index is 13.4. The van der Waals surface area contributed by atoms with E-state index in [2.05, 4.69) is 5.10 Å². The van der Waals surface area contributed by atoms with Crippen LogP contribution in [0.2, 0.25) is 0 Å². The molecule has 3 aliphatic rings. The fraction of sp³-hybridized carbons (Fsp3) is 0.714. The number of aromatic nitrogens is 2. The molecule has 1 aromatic heterocycles. The lowest BCUT2D eigenvalue weighted by atomic mass is 10.1. The molecule has 9 heteroatoms. The van der Waals surface area contributed by atoms with Crippen LogP contribution in [0.4, 0.5) is 13.2 Å². The van der Waals surface area contributed by atoms with Crippen molar-refractivity contribution in [3.63, 3.8) is 0 Å². The number of thioether (sulfide) groups is 2. The first kappa shape index (κ1) is 15.7. The Balaban J connectivity index is 1.82. The van der Waals surface area contributed by atoms with Gasteiger partial charge in [-0.25, -0.2) is 0 Å². The molecule has 1 saturated heterocycles. The molecule has 1 aromatic rings. The van der Waals surface area contributed by atoms with Crippen LogP contribution < -0.4 is 0 Å². The van der Waals surface area contributed by atoms with E-state index >= 15 is 0 Å². The Bertz CT molecular complexity index is 668. The second kappa shape index (κ2) is 5.08. The van der Waals surface area contributed by atoms with Crippen molar-refractivity contribution >= 4 is 29.5 Å². The van der Waals surface area contributed by atoms with E-state index in [0.29, 0.717) is 11.3 Å². The molecule has 4 nitrogen and oxygen atoms in total. The molecule has 2 atom stereocenters. The maximum absolute atomic E-state index is 13.4. The molecule has 126 valence electrons. The molecule has 0 aromatic carbocycles. The summed E-state index contributed by atoms with van der Waals surface area (Å²) < 4.78 is 46.0. The van der Waals surface area contributed by atoms with E-state index in [4.69, 9.17) is 4.74 Å². The molecule has 2 fully saturated rings. The number of carbonyl (C=O) groups is 1. The molecule has 0 bridgehead atoms. The minimum absolute atomic E-state index is 0.0596. The number of hydrogen-bond acceptors (Lipinski definition) is 5. The van der Waals surface area contributed by atoms with Crippen molar-refractivity contribution in [3.05, 3.63) is 17.0 Å². The molecule has 1 unspecified atom stereocenters. The molecule has 2 heterocycles. The highest BCUT2D eigenvalue weighted by atomic mass is 32.2. The van der Waals surface area contributed by atoms with Gasteiger partial charge in [0, 0.05) is 17.1 Å². The number of alkyl halides is 3. The zero-order valence-electron chi connectivity index (χ0n) is 12.4. The quantitative estimate of drug-likeness (QED) is 0.771. The number of hydrogen-bond donors (Lipinski definition) is 0. The van der Waals surface area contributed by atoms with Crippen LogP contribution in [0.1, 0.15) is 36.2 Å². The molecule has 0 amide bonds. The first-order chi connectivity index (χ1) is 10.9. The van der Waals surface area contributed by atoms with Crippen LogP contribution in [0, 0.1) is 5.92 Å². The zero-order chi connectivity index (χ0) is 16.4. The molecule has 1 aliphatic heterocycles. The summed E-state index contributed by atoms with van der Waals surface area (Å²) in [6.45, 7) is 1.62. The van der Waals surface area contributed by atoms with Gasteiger partial charge in [-0.2, -0.15) is 18.3 Å². The third kappa shape index (κ3) is 2.22. The van der Waals surface area contributed by atoms with Gasteiger partial charge < -0.3 is 4.74 Å². The third-order valence-electron chi connectivity index (χ3n) is 4.54. The Labute approximate surface area is 139 Å². The van der Waals surface area contributed by atoms with Crippen LogP contribution in [-0.4, -0.2) is 33.9 Å². The summed E-state index contributed by atoms with van der Waals surface area (Å²) in [5, 5.41) is 3.79. The molecular formula is C14H15F3N2O2S2. The highest BCUT2D eigenvalue weighted by Crippen LogP contribution is 2.76. The summed E-state index contributed by atoms with van der Waals surface area (Å²) in [5.74, 6) is 1.46. The first-order valence-electron chi connectivity index (χ1n) is 7.50. The van der Waals surface area contributed by atoms with Gasteiger partial charge in [0.05, 0.1) is 12.3 Å². The van der Waals surface area contributed by atoms with Gasteiger partial charge >= 0.3 is 12.1 Å². The Morgan fingerprint density at radius 2 is 2.13 bits per heavy atom. The van der Waals surface area contributed by atoms with Crippen LogP contribution >= 0.6 is 23.5 Å². The average Bonchev–Trinajstić information content (AvgIpc) is 2.86. The van der Waals surface area contributed by atoms with Crippen LogP contribution in [0.25, 0.3) is 0 Å². The van der Waals surface area contributed by atoms with Crippen LogP contribution in [0.3, 0.4) is 0 Å². The fourth-order valence-electron chi connectivity index (χ4n) is 3.74. The molecule has 23 heavy (non-hydrogen) atoms. The summed E-state index contributed by atoms with van der Waals surface area (Å²) in [4.78, 5) is 11.8. The van der Waals surface area contributed by atoms with Gasteiger partial charge in [-0.1, -0.05) is 0 Å². The molecule has 0 N–H and O–H groups in total. The minimum Gasteiger partial charge on any atom is -0.465 e. The number of ether oxygens (including phenoxy) is 1. The van der Waals surface area contributed by atoms with E-state index in [1.165, 1.54) is 4.68 Å². The lowest BCUT2D eigenvalue weighted by molar-refractivity contribution is -0.146. The van der Waals surface area contributed by atoms with Crippen LogP contribution in [-0.2, 0) is 26.3 Å². The largest absolute Gasteiger partial charge is 0.465 e. The first-order valence-corrected chi connectivity index (χ1v) is 9.47. The number of halogens is 3. The smallest absolute Gasteiger partial charge is 0.435 e. The van der Waals surface area contributed by atoms with Crippen molar-refractivity contribution < 1.29 is 22.7 Å². The topological polar surface area (TPSA) is 44.1 Å². The molecule has 2 aliphatic carbocycles. The summed E-state index contributed by atoms with van der Waals surface area (Å²) in [6.07, 6.45) is -3.70. The van der Waals surface area contributed by atoms with Crippen molar-refractivity contribution in [1.82, 2.24) is 9.78 Å². The number of carbonyl (C=O) groups excluding carboxylic acids is 1. The van der Waals surface area contributed by atoms with E-state index < -0.39 is 17.8 Å². The lowest BCUT2D eigenvalue weighted by Crippen LogP contribution is -2.24. The van der Waals surface area contributed by atoms with Gasteiger partial charge in [-0.15, -0.1) is 23.5 Å². The summed E-state index contributed by atoms with van der Waals surface area (Å²) in [7, 11) is 0. The lowest BCUT2D eigenvalue weighted by Gasteiger charge is -2.25. The number of nitrogens with zero attached hydrogens (tertiary/aromatic N) is 2. The van der Waals surface area contributed by atoms with Crippen molar-refractivity contribution in [2.24, 2.45) is 5.92 Å². The normalized spacial score (nSPS) is 27.1. The third-order valence-corrected chi connectivity index (χ3v) is 8.17. The van der Waals surface area contributed by atoms with Crippen molar-refractivity contribution in [1.29, 1.82) is 0 Å².